The van der Waals surface area contributed by atoms with Gasteiger partial charge in [-0.2, -0.15) is 0 Å². The zero-order valence-corrected chi connectivity index (χ0v) is 9.56. The second kappa shape index (κ2) is 6.85. The number of terminal acetylenes is 1. The van der Waals surface area contributed by atoms with E-state index in [1.165, 1.54) is 0 Å². The lowest BCUT2D eigenvalue weighted by atomic mass is 9.99. The Balaban J connectivity index is 4.47. The number of aliphatic carboxylic acids is 1. The Morgan fingerprint density at radius 1 is 1.56 bits per heavy atom. The summed E-state index contributed by atoms with van der Waals surface area (Å²) in [4.78, 5) is 22.4. The van der Waals surface area contributed by atoms with E-state index in [4.69, 9.17) is 17.3 Å². The summed E-state index contributed by atoms with van der Waals surface area (Å²) < 4.78 is 0. The molecule has 0 aromatic heterocycles. The highest BCUT2D eigenvalue weighted by Crippen LogP contribution is 2.08. The summed E-state index contributed by atoms with van der Waals surface area (Å²) in [6.07, 6.45) is 5.77. The van der Waals surface area contributed by atoms with Crippen LogP contribution in [0.1, 0.15) is 26.7 Å². The van der Waals surface area contributed by atoms with Crippen LogP contribution in [0.3, 0.4) is 0 Å². The van der Waals surface area contributed by atoms with Gasteiger partial charge in [0.25, 0.3) is 0 Å². The number of rotatable bonds is 6. The topological polar surface area (TPSA) is 92.4 Å². The summed E-state index contributed by atoms with van der Waals surface area (Å²) in [6, 6.07) is -1.77. The van der Waals surface area contributed by atoms with Crippen molar-refractivity contribution in [2.75, 3.05) is 0 Å². The number of hydrogen-bond donors (Lipinski definition) is 3. The molecule has 0 aliphatic rings. The maximum absolute atomic E-state index is 11.5. The van der Waals surface area contributed by atoms with Crippen LogP contribution in [0.4, 0.5) is 0 Å². The quantitative estimate of drug-likeness (QED) is 0.554. The third kappa shape index (κ3) is 4.32. The van der Waals surface area contributed by atoms with Crippen LogP contribution >= 0.6 is 0 Å². The minimum absolute atomic E-state index is 0.0959. The molecular weight excluding hydrogens is 208 g/mol. The number of carboxylic acid groups (broad SMARTS) is 1. The molecule has 16 heavy (non-hydrogen) atoms. The number of carbonyl (C=O) groups excluding carboxylic acids is 1. The van der Waals surface area contributed by atoms with E-state index in [9.17, 15) is 9.59 Å². The summed E-state index contributed by atoms with van der Waals surface area (Å²) in [7, 11) is 0. The predicted molar refractivity (Wildman–Crippen MR) is 60.4 cm³/mol. The molecule has 0 bridgehead atoms. The van der Waals surface area contributed by atoms with Gasteiger partial charge in [0.2, 0.25) is 5.91 Å². The van der Waals surface area contributed by atoms with Gasteiger partial charge in [0.15, 0.2) is 0 Å². The van der Waals surface area contributed by atoms with Crippen LogP contribution in [-0.4, -0.2) is 29.1 Å². The Kier molecular flexibility index (Phi) is 6.19. The molecule has 0 aliphatic heterocycles. The van der Waals surface area contributed by atoms with Crippen LogP contribution < -0.4 is 11.1 Å². The van der Waals surface area contributed by atoms with Gasteiger partial charge in [0, 0.05) is 6.42 Å². The molecule has 3 unspecified atom stereocenters. The molecule has 0 saturated heterocycles. The zero-order chi connectivity index (χ0) is 12.7. The van der Waals surface area contributed by atoms with E-state index in [0.29, 0.717) is 6.42 Å². The van der Waals surface area contributed by atoms with E-state index in [1.807, 2.05) is 6.92 Å². The highest BCUT2D eigenvalue weighted by atomic mass is 16.4. The summed E-state index contributed by atoms with van der Waals surface area (Å²) >= 11 is 0. The number of hydrogen-bond acceptors (Lipinski definition) is 3. The van der Waals surface area contributed by atoms with Crippen molar-refractivity contribution in [3.8, 4) is 12.3 Å². The van der Waals surface area contributed by atoms with Crippen LogP contribution in [0.2, 0.25) is 0 Å². The monoisotopic (exact) mass is 226 g/mol. The lowest BCUT2D eigenvalue weighted by Crippen LogP contribution is -2.50. The minimum atomic E-state index is -1.06. The molecule has 0 aromatic rings. The first-order valence-corrected chi connectivity index (χ1v) is 5.16. The van der Waals surface area contributed by atoms with Gasteiger partial charge in [0.05, 0.1) is 6.04 Å². The van der Waals surface area contributed by atoms with Gasteiger partial charge in [-0.25, -0.2) is 4.79 Å². The van der Waals surface area contributed by atoms with Gasteiger partial charge in [-0.3, -0.25) is 4.79 Å². The van der Waals surface area contributed by atoms with Gasteiger partial charge < -0.3 is 16.2 Å². The molecular formula is C11H18N2O3. The van der Waals surface area contributed by atoms with Gasteiger partial charge in [-0.1, -0.05) is 20.3 Å². The van der Waals surface area contributed by atoms with Crippen molar-refractivity contribution in [3.05, 3.63) is 0 Å². The maximum Gasteiger partial charge on any atom is 0.326 e. The highest BCUT2D eigenvalue weighted by Gasteiger charge is 2.26. The molecule has 3 atom stereocenters. The average molecular weight is 226 g/mol. The molecule has 1 amide bonds. The first kappa shape index (κ1) is 14.5. The summed E-state index contributed by atoms with van der Waals surface area (Å²) in [6.45, 7) is 3.61. The number of carboxylic acids is 1. The fourth-order valence-electron chi connectivity index (χ4n) is 1.16. The lowest BCUT2D eigenvalue weighted by Gasteiger charge is -2.21. The van der Waals surface area contributed by atoms with E-state index in [1.54, 1.807) is 6.92 Å². The van der Waals surface area contributed by atoms with Crippen molar-refractivity contribution in [3.63, 3.8) is 0 Å². The fraction of sp³-hybridized carbons (Fsp3) is 0.636. The normalized spacial score (nSPS) is 15.6. The Morgan fingerprint density at radius 2 is 2.12 bits per heavy atom. The Bertz CT molecular complexity index is 296. The molecule has 0 aromatic carbocycles. The van der Waals surface area contributed by atoms with Crippen molar-refractivity contribution in [2.45, 2.75) is 38.8 Å². The van der Waals surface area contributed by atoms with E-state index in [-0.39, 0.29) is 12.3 Å². The largest absolute Gasteiger partial charge is 0.480 e. The summed E-state index contributed by atoms with van der Waals surface area (Å²) in [5.74, 6) is 0.525. The number of carbonyl (C=O) groups is 2. The molecule has 0 fully saturated rings. The van der Waals surface area contributed by atoms with Crippen LogP contribution in [0.25, 0.3) is 0 Å². The third-order valence-electron chi connectivity index (χ3n) is 2.45. The standard InChI is InChI=1S/C11H18N2O3/c1-4-6-8(12)10(14)13-9(11(15)16)7(3)5-2/h1,7-9H,5-6,12H2,2-3H3,(H,13,14)(H,15,16). The fourth-order valence-corrected chi connectivity index (χ4v) is 1.16. The van der Waals surface area contributed by atoms with Crippen molar-refractivity contribution in [2.24, 2.45) is 11.7 Å². The molecule has 0 heterocycles. The van der Waals surface area contributed by atoms with Crippen molar-refractivity contribution >= 4 is 11.9 Å². The zero-order valence-electron chi connectivity index (χ0n) is 9.56. The summed E-state index contributed by atoms with van der Waals surface area (Å²) in [5.41, 5.74) is 5.47. The Morgan fingerprint density at radius 3 is 2.50 bits per heavy atom. The first-order chi connectivity index (χ1) is 7.43. The number of nitrogens with two attached hydrogens (primary N) is 1. The molecule has 90 valence electrons. The van der Waals surface area contributed by atoms with Crippen molar-refractivity contribution < 1.29 is 14.7 Å². The molecule has 0 saturated carbocycles. The second-order valence-electron chi connectivity index (χ2n) is 3.72. The molecule has 0 spiro atoms. The molecule has 5 heteroatoms. The van der Waals surface area contributed by atoms with Gasteiger partial charge in [-0.05, 0) is 5.92 Å². The van der Waals surface area contributed by atoms with Gasteiger partial charge in [-0.15, -0.1) is 12.3 Å². The average Bonchev–Trinajstić information content (AvgIpc) is 2.24. The van der Waals surface area contributed by atoms with Crippen LogP contribution in [-0.2, 0) is 9.59 Å². The lowest BCUT2D eigenvalue weighted by molar-refractivity contribution is -0.143. The van der Waals surface area contributed by atoms with Crippen molar-refractivity contribution in [1.29, 1.82) is 0 Å². The molecule has 5 nitrogen and oxygen atoms in total. The Labute approximate surface area is 95.4 Å². The van der Waals surface area contributed by atoms with E-state index >= 15 is 0 Å². The van der Waals surface area contributed by atoms with E-state index in [0.717, 1.165) is 0 Å². The predicted octanol–water partition coefficient (Wildman–Crippen LogP) is -0.0475. The van der Waals surface area contributed by atoms with E-state index < -0.39 is 24.0 Å². The smallest absolute Gasteiger partial charge is 0.326 e. The molecule has 0 rings (SSSR count). The second-order valence-corrected chi connectivity index (χ2v) is 3.72. The number of amides is 1. The Hall–Kier alpha value is -1.54. The number of nitrogens with one attached hydrogen (secondary N) is 1. The molecule has 0 aliphatic carbocycles. The molecule has 4 N–H and O–H groups in total. The molecule has 0 radical (unpaired) electrons. The van der Waals surface area contributed by atoms with E-state index in [2.05, 4.69) is 11.2 Å². The maximum atomic E-state index is 11.5. The van der Waals surface area contributed by atoms with Gasteiger partial charge in [0.1, 0.15) is 6.04 Å². The van der Waals surface area contributed by atoms with Gasteiger partial charge >= 0.3 is 5.97 Å². The van der Waals surface area contributed by atoms with Crippen LogP contribution in [0.15, 0.2) is 0 Å². The highest BCUT2D eigenvalue weighted by molar-refractivity contribution is 5.87. The van der Waals surface area contributed by atoms with Crippen LogP contribution in [0, 0.1) is 18.3 Å². The van der Waals surface area contributed by atoms with Crippen LogP contribution in [0.5, 0.6) is 0 Å². The van der Waals surface area contributed by atoms with Crippen molar-refractivity contribution in [1.82, 2.24) is 5.32 Å². The summed E-state index contributed by atoms with van der Waals surface area (Å²) in [5, 5.41) is 11.3. The first-order valence-electron chi connectivity index (χ1n) is 5.16. The minimum Gasteiger partial charge on any atom is -0.480 e. The third-order valence-corrected chi connectivity index (χ3v) is 2.45. The SMILES string of the molecule is C#CCC(N)C(=O)NC(C(=O)O)C(C)CC.